The molecule has 6 heteroatoms. The molecular weight excluding hydrogens is 310 g/mol. The average molecular weight is 335 g/mol. The quantitative estimate of drug-likeness (QED) is 0.638. The third kappa shape index (κ3) is 8.73. The number of esters is 1. The van der Waals surface area contributed by atoms with Crippen molar-refractivity contribution in [1.29, 1.82) is 0 Å². The van der Waals surface area contributed by atoms with Crippen LogP contribution in [0.15, 0.2) is 24.8 Å². The van der Waals surface area contributed by atoms with Gasteiger partial charge in [0, 0.05) is 33.0 Å². The van der Waals surface area contributed by atoms with Crippen molar-refractivity contribution in [3.63, 3.8) is 0 Å². The second-order valence-electron chi connectivity index (χ2n) is 5.13. The van der Waals surface area contributed by atoms with Crippen molar-refractivity contribution in [2.24, 2.45) is 0 Å². The van der Waals surface area contributed by atoms with Gasteiger partial charge in [-0.2, -0.15) is 0 Å². The molecule has 0 unspecified atom stereocenters. The highest BCUT2D eigenvalue weighted by molar-refractivity contribution is 5.91. The van der Waals surface area contributed by atoms with E-state index in [4.69, 9.17) is 14.6 Å². The number of carboxylic acids is 1. The second-order valence-corrected chi connectivity index (χ2v) is 5.13. The molecule has 0 saturated carbocycles. The van der Waals surface area contributed by atoms with Crippen molar-refractivity contribution in [2.45, 2.75) is 34.1 Å². The highest BCUT2D eigenvalue weighted by Crippen LogP contribution is 2.20. The molecular formula is C18H25NO5. The van der Waals surface area contributed by atoms with Gasteiger partial charge in [0.25, 0.3) is 5.97 Å². The zero-order valence-corrected chi connectivity index (χ0v) is 14.7. The summed E-state index contributed by atoms with van der Waals surface area (Å²) in [6, 6.07) is 5.81. The molecule has 0 aliphatic heterocycles. The topological polar surface area (TPSA) is 83.9 Å². The Morgan fingerprint density at radius 3 is 2.25 bits per heavy atom. The molecule has 1 rings (SSSR count). The molecule has 0 aromatic heterocycles. The third-order valence-corrected chi connectivity index (χ3v) is 3.00. The summed E-state index contributed by atoms with van der Waals surface area (Å²) in [6.07, 6.45) is 2.40. The summed E-state index contributed by atoms with van der Waals surface area (Å²) in [5.41, 5.74) is 2.98. The normalized spacial score (nSPS) is 9.33. The number of carbonyl (C=O) groups excluding carboxylic acids is 2. The molecule has 0 radical (unpaired) electrons. The molecule has 0 spiro atoms. The standard InChI is InChI=1S/C16H21NO3.C2H4O2/c1-5-15-7-8-16(11-12(15)2)17(13(3)18)9-6-10-20-14(4)19;1-2(3)4/h5,7-8,11H,1,6,9-10H2,2-4H3;1H3,(H,3,4). The number of anilines is 1. The fourth-order valence-electron chi connectivity index (χ4n) is 1.96. The van der Waals surface area contributed by atoms with Crippen molar-refractivity contribution in [3.05, 3.63) is 35.9 Å². The molecule has 1 amide bonds. The monoisotopic (exact) mass is 335 g/mol. The Morgan fingerprint density at radius 1 is 1.25 bits per heavy atom. The minimum absolute atomic E-state index is 0.0291. The summed E-state index contributed by atoms with van der Waals surface area (Å²) in [6.45, 7) is 10.6. The van der Waals surface area contributed by atoms with Crippen LogP contribution in [0.4, 0.5) is 5.69 Å². The lowest BCUT2D eigenvalue weighted by atomic mass is 10.1. The van der Waals surface area contributed by atoms with Gasteiger partial charge < -0.3 is 14.7 Å². The van der Waals surface area contributed by atoms with Gasteiger partial charge in [-0.05, 0) is 36.6 Å². The summed E-state index contributed by atoms with van der Waals surface area (Å²) in [5, 5.41) is 7.42. The second kappa shape index (κ2) is 11.0. The zero-order chi connectivity index (χ0) is 18.7. The van der Waals surface area contributed by atoms with Crippen LogP contribution in [0.5, 0.6) is 0 Å². The summed E-state index contributed by atoms with van der Waals surface area (Å²) in [4.78, 5) is 33.1. The molecule has 132 valence electrons. The molecule has 1 aromatic rings. The van der Waals surface area contributed by atoms with Crippen LogP contribution in [0.3, 0.4) is 0 Å². The number of amides is 1. The first-order valence-corrected chi connectivity index (χ1v) is 7.53. The van der Waals surface area contributed by atoms with Crippen LogP contribution in [0, 0.1) is 6.92 Å². The van der Waals surface area contributed by atoms with E-state index in [0.29, 0.717) is 19.6 Å². The maximum absolute atomic E-state index is 11.7. The minimum atomic E-state index is -0.833. The van der Waals surface area contributed by atoms with Gasteiger partial charge in [0.15, 0.2) is 0 Å². The molecule has 1 aromatic carbocycles. The van der Waals surface area contributed by atoms with Gasteiger partial charge in [-0.25, -0.2) is 0 Å². The van der Waals surface area contributed by atoms with E-state index in [1.54, 1.807) is 11.0 Å². The molecule has 24 heavy (non-hydrogen) atoms. The number of carbonyl (C=O) groups is 3. The largest absolute Gasteiger partial charge is 0.481 e. The number of aliphatic carboxylic acids is 1. The molecule has 0 fully saturated rings. The summed E-state index contributed by atoms with van der Waals surface area (Å²) in [5.74, 6) is -1.16. The van der Waals surface area contributed by atoms with Crippen molar-refractivity contribution < 1.29 is 24.2 Å². The number of rotatable bonds is 6. The lowest BCUT2D eigenvalue weighted by Gasteiger charge is -2.22. The predicted molar refractivity (Wildman–Crippen MR) is 93.9 cm³/mol. The first kappa shape index (κ1) is 21.4. The number of aryl methyl sites for hydroxylation is 1. The number of hydrogen-bond acceptors (Lipinski definition) is 4. The van der Waals surface area contributed by atoms with Gasteiger partial charge in [-0.3, -0.25) is 14.4 Å². The number of ether oxygens (including phenoxy) is 1. The van der Waals surface area contributed by atoms with Crippen LogP contribution >= 0.6 is 0 Å². The Balaban J connectivity index is 0.00000118. The molecule has 0 saturated heterocycles. The molecule has 6 nitrogen and oxygen atoms in total. The number of nitrogens with zero attached hydrogens (tertiary/aromatic N) is 1. The maximum Gasteiger partial charge on any atom is 0.302 e. The van der Waals surface area contributed by atoms with Gasteiger partial charge >= 0.3 is 5.97 Å². The van der Waals surface area contributed by atoms with E-state index in [1.807, 2.05) is 25.1 Å². The molecule has 0 aliphatic carbocycles. The summed E-state index contributed by atoms with van der Waals surface area (Å²) >= 11 is 0. The molecule has 1 N–H and O–H groups in total. The summed E-state index contributed by atoms with van der Waals surface area (Å²) < 4.78 is 4.88. The molecule has 0 heterocycles. The van der Waals surface area contributed by atoms with Crippen molar-refractivity contribution in [2.75, 3.05) is 18.1 Å². The smallest absolute Gasteiger partial charge is 0.302 e. The van der Waals surface area contributed by atoms with Crippen molar-refractivity contribution in [3.8, 4) is 0 Å². The predicted octanol–water partition coefficient (Wildman–Crippen LogP) is 3.04. The Kier molecular flexibility index (Phi) is 9.79. The highest BCUT2D eigenvalue weighted by Gasteiger charge is 2.12. The van der Waals surface area contributed by atoms with E-state index in [9.17, 15) is 9.59 Å². The van der Waals surface area contributed by atoms with Crippen LogP contribution in [0.1, 0.15) is 38.3 Å². The van der Waals surface area contributed by atoms with Crippen LogP contribution in [0.2, 0.25) is 0 Å². The van der Waals surface area contributed by atoms with Crippen LogP contribution in [-0.4, -0.2) is 36.1 Å². The van der Waals surface area contributed by atoms with E-state index in [0.717, 1.165) is 23.7 Å². The van der Waals surface area contributed by atoms with E-state index < -0.39 is 5.97 Å². The average Bonchev–Trinajstić information content (AvgIpc) is 2.45. The Labute approximate surface area is 142 Å². The number of hydrogen-bond donors (Lipinski definition) is 1. The maximum atomic E-state index is 11.7. The summed E-state index contributed by atoms with van der Waals surface area (Å²) in [7, 11) is 0. The van der Waals surface area contributed by atoms with Crippen LogP contribution in [0.25, 0.3) is 6.08 Å². The number of carboxylic acid groups (broad SMARTS) is 1. The van der Waals surface area contributed by atoms with Gasteiger partial charge in [0.1, 0.15) is 0 Å². The van der Waals surface area contributed by atoms with Crippen molar-refractivity contribution >= 4 is 29.6 Å². The van der Waals surface area contributed by atoms with E-state index in [2.05, 4.69) is 6.58 Å². The minimum Gasteiger partial charge on any atom is -0.481 e. The first-order chi connectivity index (χ1) is 11.2. The Hall–Kier alpha value is -2.63. The molecule has 0 bridgehead atoms. The lowest BCUT2D eigenvalue weighted by molar-refractivity contribution is -0.141. The highest BCUT2D eigenvalue weighted by atomic mass is 16.5. The van der Waals surface area contributed by atoms with E-state index >= 15 is 0 Å². The SMILES string of the molecule is C=Cc1ccc(N(CCCOC(C)=O)C(C)=O)cc1C.CC(=O)O. The lowest BCUT2D eigenvalue weighted by Crippen LogP contribution is -2.30. The molecule has 0 atom stereocenters. The first-order valence-electron chi connectivity index (χ1n) is 7.53. The van der Waals surface area contributed by atoms with E-state index in [-0.39, 0.29) is 11.9 Å². The fourth-order valence-corrected chi connectivity index (χ4v) is 1.96. The number of benzene rings is 1. The molecule has 0 aliphatic rings. The fraction of sp³-hybridized carbons (Fsp3) is 0.389. The van der Waals surface area contributed by atoms with Gasteiger partial charge in [0.2, 0.25) is 5.91 Å². The Morgan fingerprint density at radius 2 is 1.83 bits per heavy atom. The zero-order valence-electron chi connectivity index (χ0n) is 14.7. The van der Waals surface area contributed by atoms with Gasteiger partial charge in [-0.15, -0.1) is 0 Å². The van der Waals surface area contributed by atoms with Gasteiger partial charge in [0.05, 0.1) is 6.61 Å². The van der Waals surface area contributed by atoms with Crippen LogP contribution in [-0.2, 0) is 19.1 Å². The van der Waals surface area contributed by atoms with E-state index in [1.165, 1.54) is 13.8 Å². The van der Waals surface area contributed by atoms with Crippen LogP contribution < -0.4 is 4.90 Å². The van der Waals surface area contributed by atoms with Crippen molar-refractivity contribution in [1.82, 2.24) is 0 Å². The van der Waals surface area contributed by atoms with Gasteiger partial charge in [-0.1, -0.05) is 18.7 Å². The third-order valence-electron chi connectivity index (χ3n) is 3.00. The Bertz CT molecular complexity index is 591.